The molecule has 4 aromatic carbocycles. The number of hydrogen-bond donors (Lipinski definition) is 0. The topological polar surface area (TPSA) is 8.81 Å². The Morgan fingerprint density at radius 3 is 1.83 bits per heavy atom. The molecule has 0 unspecified atom stereocenters. The first-order valence-corrected chi connectivity index (χ1v) is 15.7. The number of aryl methyl sites for hydroxylation is 2. The summed E-state index contributed by atoms with van der Waals surface area (Å²) in [6.45, 7) is 23.1. The van der Waals surface area contributed by atoms with Crippen molar-refractivity contribution in [2.45, 2.75) is 92.4 Å². The first-order chi connectivity index (χ1) is 19.8. The molecule has 42 heavy (non-hydrogen) atoms. The summed E-state index contributed by atoms with van der Waals surface area (Å²) in [6, 6.07) is 29.9. The number of nitrogens with zero attached hydrogens (tertiary/aromatic N) is 2. The van der Waals surface area contributed by atoms with Gasteiger partial charge in [0.15, 0.2) is 11.0 Å². The van der Waals surface area contributed by atoms with Crippen LogP contribution in [0.4, 0.5) is 0 Å². The Morgan fingerprint density at radius 1 is 0.667 bits per heavy atom. The summed E-state index contributed by atoms with van der Waals surface area (Å²) in [5.41, 5.74) is 14.6. The Balaban J connectivity index is 1.98. The van der Waals surface area contributed by atoms with Crippen LogP contribution in [0.1, 0.15) is 108 Å². The van der Waals surface area contributed by atoms with Crippen LogP contribution in [0.3, 0.4) is 0 Å². The summed E-state index contributed by atoms with van der Waals surface area (Å²) < 4.78 is 5.03. The van der Waals surface area contributed by atoms with Crippen molar-refractivity contribution < 1.29 is 4.57 Å². The van der Waals surface area contributed by atoms with E-state index < -0.39 is 0 Å². The Kier molecular flexibility index (Phi) is 7.96. The molecule has 5 aromatic rings. The Bertz CT molecular complexity index is 1710. The van der Waals surface area contributed by atoms with Gasteiger partial charge in [-0.2, -0.15) is 4.57 Å². The predicted molar refractivity (Wildman–Crippen MR) is 181 cm³/mol. The average Bonchev–Trinajstić information content (AvgIpc) is 3.23. The van der Waals surface area contributed by atoms with Gasteiger partial charge in [-0.05, 0) is 88.2 Å². The largest absolute Gasteiger partial charge is 0.295 e. The lowest BCUT2D eigenvalue weighted by molar-refractivity contribution is -0.633. The second-order valence-corrected chi connectivity index (χ2v) is 14.1. The number of aromatic nitrogens is 2. The van der Waals surface area contributed by atoms with Gasteiger partial charge in [-0.3, -0.25) is 0 Å². The van der Waals surface area contributed by atoms with E-state index in [9.17, 15) is 0 Å². The van der Waals surface area contributed by atoms with E-state index in [2.05, 4.69) is 164 Å². The molecule has 2 heteroatoms. The lowest BCUT2D eigenvalue weighted by Gasteiger charge is -2.22. The van der Waals surface area contributed by atoms with Crippen LogP contribution in [0, 0.1) is 6.92 Å². The van der Waals surface area contributed by atoms with Crippen LogP contribution in [0.5, 0.6) is 0 Å². The van der Waals surface area contributed by atoms with E-state index in [1.807, 2.05) is 0 Å². The molecule has 5 rings (SSSR count). The monoisotopic (exact) mass is 557 g/mol. The van der Waals surface area contributed by atoms with Crippen molar-refractivity contribution in [1.29, 1.82) is 0 Å². The highest BCUT2D eigenvalue weighted by Crippen LogP contribution is 2.41. The zero-order chi connectivity index (χ0) is 30.5. The van der Waals surface area contributed by atoms with Crippen LogP contribution in [-0.2, 0) is 12.5 Å². The average molecular weight is 558 g/mol. The molecule has 0 atom stereocenters. The molecule has 1 aromatic heterocycles. The van der Waals surface area contributed by atoms with Gasteiger partial charge in [0.2, 0.25) is 0 Å². The number of fused-ring (bicyclic) bond motifs is 1. The fourth-order valence-electron chi connectivity index (χ4n) is 6.21. The minimum absolute atomic E-state index is 0.0617. The van der Waals surface area contributed by atoms with Gasteiger partial charge >= 0.3 is 0 Å². The smallest absolute Gasteiger partial charge is 0.225 e. The van der Waals surface area contributed by atoms with E-state index in [1.165, 1.54) is 67.1 Å². The summed E-state index contributed by atoms with van der Waals surface area (Å²) in [5, 5.41) is 0. The zero-order valence-electron chi connectivity index (χ0n) is 27.6. The van der Waals surface area contributed by atoms with Crippen LogP contribution < -0.4 is 4.57 Å². The molecular formula is C40H49N2+. The lowest BCUT2D eigenvalue weighted by Crippen LogP contribution is -2.31. The van der Waals surface area contributed by atoms with E-state index in [4.69, 9.17) is 0 Å². The number of imidazole rings is 1. The van der Waals surface area contributed by atoms with Crippen molar-refractivity contribution in [2.75, 3.05) is 0 Å². The minimum Gasteiger partial charge on any atom is -0.225 e. The third kappa shape index (κ3) is 5.33. The standard InChI is InChI=1S/C40H49N2/c1-25(2)30-18-20-36-37(23-30)42(39(41(36)11)35-24-32(40(8,9)10)19-17-28(35)7)38-33(26(3)4)21-31(22-34(38)27(5)6)29-15-13-12-14-16-29/h12-27H,1-11H3/q+1. The Morgan fingerprint density at radius 2 is 1.29 bits per heavy atom. The minimum atomic E-state index is 0.0617. The first kappa shape index (κ1) is 29.8. The highest BCUT2D eigenvalue weighted by atomic mass is 15.2. The number of rotatable bonds is 6. The van der Waals surface area contributed by atoms with Crippen molar-refractivity contribution in [3.63, 3.8) is 0 Å². The molecule has 1 heterocycles. The summed E-state index contributed by atoms with van der Waals surface area (Å²) in [7, 11) is 2.24. The maximum Gasteiger partial charge on any atom is 0.295 e. The normalized spacial score (nSPS) is 12.3. The third-order valence-corrected chi connectivity index (χ3v) is 8.89. The highest BCUT2D eigenvalue weighted by Gasteiger charge is 2.33. The molecule has 0 amide bonds. The van der Waals surface area contributed by atoms with Crippen molar-refractivity contribution in [2.24, 2.45) is 7.05 Å². The van der Waals surface area contributed by atoms with Crippen LogP contribution >= 0.6 is 0 Å². The lowest BCUT2D eigenvalue weighted by atomic mass is 9.85. The molecule has 0 aliphatic rings. The quantitative estimate of drug-likeness (QED) is 0.184. The van der Waals surface area contributed by atoms with Gasteiger partial charge in [0.05, 0.1) is 12.6 Å². The van der Waals surface area contributed by atoms with Gasteiger partial charge in [-0.15, -0.1) is 0 Å². The van der Waals surface area contributed by atoms with Gasteiger partial charge in [-0.1, -0.05) is 111 Å². The predicted octanol–water partition coefficient (Wildman–Crippen LogP) is 10.8. The van der Waals surface area contributed by atoms with Crippen LogP contribution in [0.25, 0.3) is 39.2 Å². The zero-order valence-corrected chi connectivity index (χ0v) is 27.6. The fraction of sp³-hybridized carbons (Fsp3) is 0.375. The van der Waals surface area contributed by atoms with E-state index in [0.717, 1.165) is 0 Å². The van der Waals surface area contributed by atoms with Crippen LogP contribution in [0.2, 0.25) is 0 Å². The molecular weight excluding hydrogens is 508 g/mol. The molecule has 0 fully saturated rings. The molecule has 0 spiro atoms. The van der Waals surface area contributed by atoms with Gasteiger partial charge in [0.25, 0.3) is 5.82 Å². The maximum atomic E-state index is 2.61. The van der Waals surface area contributed by atoms with Crippen molar-refractivity contribution in [3.8, 4) is 28.2 Å². The van der Waals surface area contributed by atoms with E-state index in [-0.39, 0.29) is 5.41 Å². The summed E-state index contributed by atoms with van der Waals surface area (Å²) in [6.07, 6.45) is 0. The number of hydrogen-bond acceptors (Lipinski definition) is 0. The molecule has 218 valence electrons. The first-order valence-electron chi connectivity index (χ1n) is 15.7. The van der Waals surface area contributed by atoms with Crippen molar-refractivity contribution >= 4 is 11.0 Å². The summed E-state index contributed by atoms with van der Waals surface area (Å²) >= 11 is 0. The Hall–Kier alpha value is -3.65. The SMILES string of the molecule is Cc1ccc(C(C)(C)C)cc1-c1n(-c2c(C(C)C)cc(-c3ccccc3)cc2C(C)C)c2cc(C(C)C)ccc2[n+]1C. The van der Waals surface area contributed by atoms with Crippen molar-refractivity contribution in [1.82, 2.24) is 4.57 Å². The molecule has 0 radical (unpaired) electrons. The van der Waals surface area contributed by atoms with E-state index in [1.54, 1.807) is 0 Å². The van der Waals surface area contributed by atoms with Gasteiger partial charge < -0.3 is 0 Å². The van der Waals surface area contributed by atoms with Gasteiger partial charge in [0, 0.05) is 11.1 Å². The molecule has 0 saturated heterocycles. The molecule has 0 N–H and O–H groups in total. The second-order valence-electron chi connectivity index (χ2n) is 14.1. The van der Waals surface area contributed by atoms with Crippen LogP contribution in [-0.4, -0.2) is 4.57 Å². The summed E-state index contributed by atoms with van der Waals surface area (Å²) in [5.74, 6) is 2.40. The van der Waals surface area contributed by atoms with E-state index in [0.29, 0.717) is 17.8 Å². The molecule has 0 aliphatic carbocycles. The second kappa shape index (κ2) is 11.2. The summed E-state index contributed by atoms with van der Waals surface area (Å²) in [4.78, 5) is 0. The van der Waals surface area contributed by atoms with Gasteiger partial charge in [0.1, 0.15) is 5.69 Å². The van der Waals surface area contributed by atoms with E-state index >= 15 is 0 Å². The molecule has 0 aliphatic heterocycles. The molecule has 2 nitrogen and oxygen atoms in total. The highest BCUT2D eigenvalue weighted by molar-refractivity contribution is 5.83. The van der Waals surface area contributed by atoms with Gasteiger partial charge in [-0.25, -0.2) is 4.57 Å². The Labute approximate surface area is 254 Å². The van der Waals surface area contributed by atoms with Crippen molar-refractivity contribution in [3.05, 3.63) is 107 Å². The van der Waals surface area contributed by atoms with Crippen LogP contribution in [0.15, 0.2) is 78.9 Å². The molecule has 0 bridgehead atoms. The fourth-order valence-corrected chi connectivity index (χ4v) is 6.21. The molecule has 0 saturated carbocycles. The maximum absolute atomic E-state index is 2.61. The third-order valence-electron chi connectivity index (χ3n) is 8.89. The number of benzene rings is 4.